The second-order valence-corrected chi connectivity index (χ2v) is 4.90. The lowest BCUT2D eigenvalue weighted by Crippen LogP contribution is -2.03. The van der Waals surface area contributed by atoms with Gasteiger partial charge in [-0.25, -0.2) is 9.78 Å². The van der Waals surface area contributed by atoms with Crippen LogP contribution >= 0.6 is 0 Å². The molecule has 0 aliphatic rings. The lowest BCUT2D eigenvalue weighted by Gasteiger charge is -2.02. The van der Waals surface area contributed by atoms with Crippen molar-refractivity contribution in [2.45, 2.75) is 6.42 Å². The molecule has 0 radical (unpaired) electrons. The molecule has 0 saturated carbocycles. The number of hydrogen-bond donors (Lipinski definition) is 0. The van der Waals surface area contributed by atoms with Crippen molar-refractivity contribution in [1.29, 1.82) is 0 Å². The van der Waals surface area contributed by atoms with Gasteiger partial charge in [-0.1, -0.05) is 12.1 Å². The second-order valence-electron chi connectivity index (χ2n) is 4.90. The molecule has 3 aromatic rings. The minimum Gasteiger partial charge on any atom is -0.497 e. The number of pyridine rings is 1. The maximum atomic E-state index is 11.8. The van der Waals surface area contributed by atoms with E-state index in [0.717, 1.165) is 17.0 Å². The molecule has 2 aromatic heterocycles. The molecule has 2 heterocycles. The number of carbonyl (C=O) groups is 1. The number of carbonyl (C=O) groups excluding carboxylic acids is 1. The average Bonchev–Trinajstić information content (AvgIpc) is 2.96. The first-order valence-electron chi connectivity index (χ1n) is 6.89. The Hall–Kier alpha value is -2.82. The molecule has 0 unspecified atom stereocenters. The van der Waals surface area contributed by atoms with Crippen LogP contribution in [0.4, 0.5) is 0 Å². The van der Waals surface area contributed by atoms with Crippen LogP contribution in [0.25, 0.3) is 5.65 Å². The van der Waals surface area contributed by atoms with E-state index in [1.165, 1.54) is 7.11 Å². The van der Waals surface area contributed by atoms with Crippen molar-refractivity contribution >= 4 is 11.6 Å². The van der Waals surface area contributed by atoms with Crippen molar-refractivity contribution in [2.75, 3.05) is 14.2 Å². The Balaban J connectivity index is 1.96. The molecule has 1 aromatic carbocycles. The highest BCUT2D eigenvalue weighted by Crippen LogP contribution is 2.18. The van der Waals surface area contributed by atoms with Crippen LogP contribution in [0, 0.1) is 0 Å². The molecule has 0 atom stereocenters. The summed E-state index contributed by atoms with van der Waals surface area (Å²) in [7, 11) is 3.01. The molecular weight excluding hydrogens is 280 g/mol. The van der Waals surface area contributed by atoms with Crippen LogP contribution in [0.5, 0.6) is 5.75 Å². The summed E-state index contributed by atoms with van der Waals surface area (Å²) in [6.07, 6.45) is 4.45. The molecule has 0 bridgehead atoms. The van der Waals surface area contributed by atoms with E-state index in [4.69, 9.17) is 9.47 Å². The third-order valence-electron chi connectivity index (χ3n) is 3.46. The Labute approximate surface area is 128 Å². The first-order valence-corrected chi connectivity index (χ1v) is 6.89. The van der Waals surface area contributed by atoms with E-state index < -0.39 is 0 Å². The van der Waals surface area contributed by atoms with E-state index in [1.807, 2.05) is 41.1 Å². The summed E-state index contributed by atoms with van der Waals surface area (Å²) < 4.78 is 11.9. The summed E-state index contributed by atoms with van der Waals surface area (Å²) in [5, 5.41) is 0. The predicted molar refractivity (Wildman–Crippen MR) is 82.3 cm³/mol. The fourth-order valence-corrected chi connectivity index (χ4v) is 2.41. The largest absolute Gasteiger partial charge is 0.497 e. The number of rotatable bonds is 4. The normalized spacial score (nSPS) is 10.6. The monoisotopic (exact) mass is 296 g/mol. The Kier molecular flexibility index (Phi) is 3.78. The molecule has 0 spiro atoms. The van der Waals surface area contributed by atoms with Gasteiger partial charge in [0, 0.05) is 18.8 Å². The van der Waals surface area contributed by atoms with E-state index in [9.17, 15) is 4.79 Å². The number of ether oxygens (including phenoxy) is 2. The van der Waals surface area contributed by atoms with Gasteiger partial charge in [-0.3, -0.25) is 0 Å². The highest BCUT2D eigenvalue weighted by atomic mass is 16.5. The van der Waals surface area contributed by atoms with E-state index in [-0.39, 0.29) is 5.97 Å². The molecule has 3 rings (SSSR count). The summed E-state index contributed by atoms with van der Waals surface area (Å²) in [6.45, 7) is 0. The zero-order valence-corrected chi connectivity index (χ0v) is 12.4. The van der Waals surface area contributed by atoms with Crippen molar-refractivity contribution in [1.82, 2.24) is 9.38 Å². The number of fused-ring (bicyclic) bond motifs is 1. The molecule has 5 nitrogen and oxygen atoms in total. The van der Waals surface area contributed by atoms with Gasteiger partial charge in [0.1, 0.15) is 11.3 Å². The number of benzene rings is 1. The highest BCUT2D eigenvalue weighted by molar-refractivity contribution is 5.95. The first kappa shape index (κ1) is 14.1. The SMILES string of the molecule is COC(=O)c1cccn2cc(Cc3cccc(OC)c3)nc12. The first-order chi connectivity index (χ1) is 10.7. The van der Waals surface area contributed by atoms with Gasteiger partial charge >= 0.3 is 5.97 Å². The van der Waals surface area contributed by atoms with Crippen LogP contribution in [-0.4, -0.2) is 29.6 Å². The molecule has 0 amide bonds. The summed E-state index contributed by atoms with van der Waals surface area (Å²) in [5.74, 6) is 0.431. The zero-order valence-electron chi connectivity index (χ0n) is 12.4. The third-order valence-corrected chi connectivity index (χ3v) is 3.46. The topological polar surface area (TPSA) is 52.8 Å². The third kappa shape index (κ3) is 2.65. The van der Waals surface area contributed by atoms with Crippen LogP contribution in [0.2, 0.25) is 0 Å². The lowest BCUT2D eigenvalue weighted by molar-refractivity contribution is 0.0602. The van der Waals surface area contributed by atoms with Crippen LogP contribution in [0.3, 0.4) is 0 Å². The van der Waals surface area contributed by atoms with Crippen LogP contribution < -0.4 is 4.74 Å². The molecule has 0 fully saturated rings. The molecule has 0 aliphatic heterocycles. The minimum absolute atomic E-state index is 0.385. The van der Waals surface area contributed by atoms with E-state index in [1.54, 1.807) is 19.2 Å². The standard InChI is InChI=1S/C17H16N2O3/c1-21-14-6-3-5-12(10-14)9-13-11-19-8-4-7-15(16(19)18-13)17(20)22-2/h3-8,10-11H,9H2,1-2H3. The van der Waals surface area contributed by atoms with Crippen LogP contribution in [0.15, 0.2) is 48.8 Å². The van der Waals surface area contributed by atoms with Crippen molar-refractivity contribution < 1.29 is 14.3 Å². The zero-order chi connectivity index (χ0) is 15.5. The van der Waals surface area contributed by atoms with Gasteiger partial charge in [0.2, 0.25) is 0 Å². The molecule has 22 heavy (non-hydrogen) atoms. The summed E-state index contributed by atoms with van der Waals surface area (Å²) in [4.78, 5) is 16.3. The van der Waals surface area contributed by atoms with Crippen molar-refractivity contribution in [3.05, 3.63) is 65.6 Å². The molecular formula is C17H16N2O3. The summed E-state index contributed by atoms with van der Waals surface area (Å²) in [5.41, 5.74) is 3.04. The average molecular weight is 296 g/mol. The highest BCUT2D eigenvalue weighted by Gasteiger charge is 2.13. The van der Waals surface area contributed by atoms with E-state index >= 15 is 0 Å². The number of nitrogens with zero attached hydrogens (tertiary/aromatic N) is 2. The Morgan fingerprint density at radius 1 is 1.23 bits per heavy atom. The van der Waals surface area contributed by atoms with E-state index in [0.29, 0.717) is 17.6 Å². The number of imidazole rings is 1. The molecule has 5 heteroatoms. The van der Waals surface area contributed by atoms with Crippen molar-refractivity contribution in [3.8, 4) is 5.75 Å². The molecule has 112 valence electrons. The molecule has 0 N–H and O–H groups in total. The predicted octanol–water partition coefficient (Wildman–Crippen LogP) is 2.72. The minimum atomic E-state index is -0.385. The Bertz CT molecular complexity index is 824. The van der Waals surface area contributed by atoms with Crippen molar-refractivity contribution in [3.63, 3.8) is 0 Å². The van der Waals surface area contributed by atoms with E-state index in [2.05, 4.69) is 4.98 Å². The quantitative estimate of drug-likeness (QED) is 0.695. The Morgan fingerprint density at radius 2 is 2.09 bits per heavy atom. The van der Waals surface area contributed by atoms with Gasteiger partial charge in [0.15, 0.2) is 5.65 Å². The second kappa shape index (κ2) is 5.89. The molecule has 0 aliphatic carbocycles. The maximum Gasteiger partial charge on any atom is 0.341 e. The maximum absolute atomic E-state index is 11.8. The van der Waals surface area contributed by atoms with Gasteiger partial charge in [-0.2, -0.15) is 0 Å². The van der Waals surface area contributed by atoms with Crippen LogP contribution in [-0.2, 0) is 11.2 Å². The number of methoxy groups -OCH3 is 2. The fraction of sp³-hybridized carbons (Fsp3) is 0.176. The lowest BCUT2D eigenvalue weighted by atomic mass is 10.1. The summed E-state index contributed by atoms with van der Waals surface area (Å²) >= 11 is 0. The fourth-order valence-electron chi connectivity index (χ4n) is 2.41. The van der Waals surface area contributed by atoms with Crippen molar-refractivity contribution in [2.24, 2.45) is 0 Å². The van der Waals surface area contributed by atoms with Gasteiger partial charge in [-0.15, -0.1) is 0 Å². The van der Waals surface area contributed by atoms with Gasteiger partial charge in [0.25, 0.3) is 0 Å². The van der Waals surface area contributed by atoms with Crippen LogP contribution in [0.1, 0.15) is 21.6 Å². The number of aromatic nitrogens is 2. The number of esters is 1. The number of hydrogen-bond acceptors (Lipinski definition) is 4. The molecule has 0 saturated heterocycles. The smallest absolute Gasteiger partial charge is 0.341 e. The Morgan fingerprint density at radius 3 is 2.86 bits per heavy atom. The van der Waals surface area contributed by atoms with Gasteiger partial charge in [0.05, 0.1) is 19.9 Å². The summed E-state index contributed by atoms with van der Waals surface area (Å²) in [6, 6.07) is 11.4. The van der Waals surface area contributed by atoms with Gasteiger partial charge in [-0.05, 0) is 29.8 Å². The van der Waals surface area contributed by atoms with Gasteiger partial charge < -0.3 is 13.9 Å².